The number of aromatic nitrogens is 3. The van der Waals surface area contributed by atoms with Gasteiger partial charge in [0, 0.05) is 17.7 Å². The molecule has 216 valence electrons. The normalized spacial score (nSPS) is 17.1. The van der Waals surface area contributed by atoms with Gasteiger partial charge in [-0.25, -0.2) is 28.5 Å². The molecule has 0 spiro atoms. The molecule has 0 aliphatic carbocycles. The number of carbonyl (C=O) groups excluding carboxylic acids is 1. The predicted molar refractivity (Wildman–Crippen MR) is 160 cm³/mol. The van der Waals surface area contributed by atoms with Crippen molar-refractivity contribution in [1.29, 1.82) is 0 Å². The van der Waals surface area contributed by atoms with E-state index in [4.69, 9.17) is 26.1 Å². The SMILES string of the molecule is CSc1nc2c3c(c(Cl)c(-c4ccc(F)c5sc(NC(=O)OC(C)(C)C)nc45)c(F)c3n1)OCC1CCCCCN21. The third-order valence-corrected chi connectivity index (χ3v) is 8.95. The van der Waals surface area contributed by atoms with Crippen LogP contribution in [0.1, 0.15) is 46.5 Å². The number of hydrogen-bond acceptors (Lipinski definition) is 9. The summed E-state index contributed by atoms with van der Waals surface area (Å²) >= 11 is 9.21. The largest absolute Gasteiger partial charge is 0.489 e. The Hall–Kier alpha value is -2.96. The first kappa shape index (κ1) is 28.2. The molecular weight excluding hydrogens is 592 g/mol. The van der Waals surface area contributed by atoms with Crippen LogP contribution in [0, 0.1) is 11.6 Å². The zero-order valence-corrected chi connectivity index (χ0v) is 25.3. The van der Waals surface area contributed by atoms with Crippen molar-refractivity contribution >= 4 is 72.9 Å². The number of halogens is 3. The Morgan fingerprint density at radius 1 is 1.20 bits per heavy atom. The van der Waals surface area contributed by atoms with Gasteiger partial charge in [-0.15, -0.1) is 0 Å². The summed E-state index contributed by atoms with van der Waals surface area (Å²) in [4.78, 5) is 28.4. The van der Waals surface area contributed by atoms with Crippen LogP contribution in [0.5, 0.6) is 5.75 Å². The number of benzene rings is 2. The number of amides is 1. The van der Waals surface area contributed by atoms with Gasteiger partial charge >= 0.3 is 6.09 Å². The molecule has 1 unspecified atom stereocenters. The summed E-state index contributed by atoms with van der Waals surface area (Å²) in [6.07, 6.45) is 5.20. The van der Waals surface area contributed by atoms with E-state index in [1.54, 1.807) is 20.8 Å². The molecule has 1 fully saturated rings. The van der Waals surface area contributed by atoms with Gasteiger partial charge in [-0.1, -0.05) is 47.5 Å². The lowest BCUT2D eigenvalue weighted by Gasteiger charge is -2.29. The second-order valence-electron chi connectivity index (χ2n) is 11.0. The van der Waals surface area contributed by atoms with Crippen LogP contribution in [-0.4, -0.2) is 52.1 Å². The lowest BCUT2D eigenvalue weighted by Crippen LogP contribution is -2.38. The maximum absolute atomic E-state index is 16.7. The molecule has 0 bridgehead atoms. The Bertz CT molecular complexity index is 1690. The third-order valence-electron chi connectivity index (χ3n) is 7.07. The lowest BCUT2D eigenvalue weighted by molar-refractivity contribution is 0.0636. The molecule has 13 heteroatoms. The smallest absolute Gasteiger partial charge is 0.413 e. The molecule has 0 saturated carbocycles. The highest BCUT2D eigenvalue weighted by molar-refractivity contribution is 7.98. The van der Waals surface area contributed by atoms with Crippen LogP contribution >= 0.6 is 34.7 Å². The molecule has 2 aliphatic heterocycles. The Morgan fingerprint density at radius 2 is 2.00 bits per heavy atom. The summed E-state index contributed by atoms with van der Waals surface area (Å²) in [5.74, 6) is -0.319. The van der Waals surface area contributed by atoms with Crippen molar-refractivity contribution in [3.8, 4) is 16.9 Å². The Balaban J connectivity index is 1.55. The van der Waals surface area contributed by atoms with Crippen LogP contribution in [-0.2, 0) is 4.74 Å². The van der Waals surface area contributed by atoms with E-state index in [0.717, 1.165) is 43.6 Å². The van der Waals surface area contributed by atoms with Gasteiger partial charge in [0.05, 0.1) is 26.7 Å². The molecule has 2 aromatic carbocycles. The fraction of sp³-hybridized carbons (Fsp3) is 0.429. The number of rotatable bonds is 3. The second-order valence-corrected chi connectivity index (χ2v) is 13.2. The van der Waals surface area contributed by atoms with Gasteiger partial charge < -0.3 is 14.4 Å². The Morgan fingerprint density at radius 3 is 2.76 bits per heavy atom. The van der Waals surface area contributed by atoms with Gasteiger partial charge in [0.1, 0.15) is 29.4 Å². The Labute approximate surface area is 248 Å². The second kappa shape index (κ2) is 10.7. The average molecular weight is 620 g/mol. The summed E-state index contributed by atoms with van der Waals surface area (Å²) in [6, 6.07) is 2.73. The van der Waals surface area contributed by atoms with Gasteiger partial charge in [0.15, 0.2) is 21.9 Å². The van der Waals surface area contributed by atoms with Crippen molar-refractivity contribution in [3.63, 3.8) is 0 Å². The molecule has 2 aromatic heterocycles. The van der Waals surface area contributed by atoms with Crippen molar-refractivity contribution in [1.82, 2.24) is 15.0 Å². The quantitative estimate of drug-likeness (QED) is 0.182. The number of ether oxygens (including phenoxy) is 2. The van der Waals surface area contributed by atoms with Crippen molar-refractivity contribution in [3.05, 3.63) is 28.8 Å². The summed E-state index contributed by atoms with van der Waals surface area (Å²) < 4.78 is 43.4. The molecule has 2 aliphatic rings. The molecular formula is C28H28ClF2N5O3S2. The maximum atomic E-state index is 16.7. The number of thioether (sulfide) groups is 1. The minimum atomic E-state index is -0.734. The van der Waals surface area contributed by atoms with Gasteiger partial charge in [-0.2, -0.15) is 0 Å². The van der Waals surface area contributed by atoms with Gasteiger partial charge in [0.25, 0.3) is 0 Å². The molecule has 41 heavy (non-hydrogen) atoms. The molecule has 1 atom stereocenters. The first-order valence-corrected chi connectivity index (χ1v) is 15.7. The van der Waals surface area contributed by atoms with Crippen LogP contribution in [0.3, 0.4) is 0 Å². The topological polar surface area (TPSA) is 89.5 Å². The fourth-order valence-corrected chi connectivity index (χ4v) is 6.91. The molecule has 4 heterocycles. The van der Waals surface area contributed by atoms with Crippen molar-refractivity contribution in [2.24, 2.45) is 0 Å². The number of carbonyl (C=O) groups is 1. The van der Waals surface area contributed by atoms with E-state index in [1.165, 1.54) is 23.9 Å². The first-order chi connectivity index (χ1) is 19.6. The van der Waals surface area contributed by atoms with Crippen molar-refractivity contribution in [2.45, 2.75) is 63.3 Å². The van der Waals surface area contributed by atoms with Gasteiger partial charge in [-0.05, 0) is 52.0 Å². The summed E-state index contributed by atoms with van der Waals surface area (Å²) in [5.41, 5.74) is -0.248. The van der Waals surface area contributed by atoms with Crippen LogP contribution in [0.25, 0.3) is 32.2 Å². The van der Waals surface area contributed by atoms with E-state index in [1.807, 2.05) is 6.26 Å². The average Bonchev–Trinajstić information content (AvgIpc) is 3.09. The van der Waals surface area contributed by atoms with E-state index >= 15 is 4.39 Å². The summed E-state index contributed by atoms with van der Waals surface area (Å²) in [6.45, 7) is 6.34. The maximum Gasteiger partial charge on any atom is 0.413 e. The van der Waals surface area contributed by atoms with E-state index < -0.39 is 23.3 Å². The van der Waals surface area contributed by atoms with Crippen LogP contribution in [0.2, 0.25) is 5.02 Å². The van der Waals surface area contributed by atoms with E-state index in [0.29, 0.717) is 28.7 Å². The number of hydrogen-bond donors (Lipinski definition) is 1. The van der Waals surface area contributed by atoms with E-state index in [9.17, 15) is 9.18 Å². The van der Waals surface area contributed by atoms with E-state index in [2.05, 4.69) is 20.2 Å². The molecule has 6 rings (SSSR count). The highest BCUT2D eigenvalue weighted by atomic mass is 35.5. The number of anilines is 2. The molecule has 1 saturated heterocycles. The zero-order valence-electron chi connectivity index (χ0n) is 22.9. The molecule has 1 amide bonds. The molecule has 4 aromatic rings. The van der Waals surface area contributed by atoms with Crippen molar-refractivity contribution in [2.75, 3.05) is 29.6 Å². The number of nitrogens with zero attached hydrogens (tertiary/aromatic N) is 4. The highest BCUT2D eigenvalue weighted by Crippen LogP contribution is 2.50. The fourth-order valence-electron chi connectivity index (χ4n) is 5.34. The number of nitrogens with one attached hydrogen (secondary N) is 1. The zero-order chi connectivity index (χ0) is 29.1. The Kier molecular flexibility index (Phi) is 7.36. The minimum absolute atomic E-state index is 0.00193. The first-order valence-electron chi connectivity index (χ1n) is 13.3. The van der Waals surface area contributed by atoms with Crippen LogP contribution < -0.4 is 15.0 Å². The monoisotopic (exact) mass is 619 g/mol. The summed E-state index contributed by atoms with van der Waals surface area (Å²) in [5, 5.41) is 3.55. The highest BCUT2D eigenvalue weighted by Gasteiger charge is 2.34. The molecule has 0 radical (unpaired) electrons. The van der Waals surface area contributed by atoms with Gasteiger partial charge in [-0.3, -0.25) is 5.32 Å². The minimum Gasteiger partial charge on any atom is -0.489 e. The predicted octanol–water partition coefficient (Wildman–Crippen LogP) is 8.05. The van der Waals surface area contributed by atoms with E-state index in [-0.39, 0.29) is 43.1 Å². The van der Waals surface area contributed by atoms with Crippen molar-refractivity contribution < 1.29 is 23.0 Å². The van der Waals surface area contributed by atoms with Crippen LogP contribution in [0.15, 0.2) is 17.3 Å². The summed E-state index contributed by atoms with van der Waals surface area (Å²) in [7, 11) is 0. The third kappa shape index (κ3) is 5.14. The van der Waals surface area contributed by atoms with Crippen LogP contribution in [0.4, 0.5) is 24.5 Å². The molecule has 8 nitrogen and oxygen atoms in total. The standard InChI is InChI=1S/C28H28ClF2N5O3S2/c1-28(2,3)39-27(37)35-26-32-20-14(9-10-15(30)23(20)41-26)16-18(29)22-17-21(19(16)31)33-25(40-4)34-24(17)36-11-7-5-6-8-13(36)12-38-22/h9-10,13H,5-8,11-12H2,1-4H3,(H,32,35,37). The van der Waals surface area contributed by atoms with Gasteiger partial charge in [0.2, 0.25) is 0 Å². The molecule has 1 N–H and O–H groups in total. The number of thiazole rings is 1. The number of fused-ring (bicyclic) bond motifs is 3. The lowest BCUT2D eigenvalue weighted by atomic mass is 10.0.